The molecule has 1 aliphatic carbocycles. The number of carbonyl (C=O) groups is 2. The van der Waals surface area contributed by atoms with Crippen molar-refractivity contribution >= 4 is 11.8 Å². The number of hydrogen-bond acceptors (Lipinski definition) is 7. The molecule has 0 spiro atoms. The first-order valence-electron chi connectivity index (χ1n) is 16.0. The van der Waals surface area contributed by atoms with Crippen molar-refractivity contribution in [3.63, 3.8) is 0 Å². The molecule has 0 unspecified atom stereocenters. The Kier molecular flexibility index (Phi) is 10.7. The van der Waals surface area contributed by atoms with E-state index in [0.717, 1.165) is 28.8 Å². The Morgan fingerprint density at radius 3 is 2.47 bits per heavy atom. The van der Waals surface area contributed by atoms with Crippen molar-refractivity contribution in [1.82, 2.24) is 25.4 Å². The molecule has 0 bridgehead atoms. The molecule has 2 aliphatic rings. The first-order valence-corrected chi connectivity index (χ1v) is 16.0. The van der Waals surface area contributed by atoms with Crippen LogP contribution in [-0.2, 0) is 29.0 Å². The lowest BCUT2D eigenvalue weighted by molar-refractivity contribution is -0.132. The molecule has 1 aromatic heterocycles. The number of nitrogens with one attached hydrogen (secondary N) is 2. The van der Waals surface area contributed by atoms with E-state index < -0.39 is 35.7 Å². The number of β-amino-alcohol motifs (C(OH)–C–C–N with tert-alkyl or cyclic N) is 1. The van der Waals surface area contributed by atoms with Gasteiger partial charge in [-0.3, -0.25) is 24.4 Å². The number of aromatic nitrogens is 1. The number of nitrogens with zero attached hydrogens (tertiary/aromatic N) is 3. The number of rotatable bonds is 11. The third-order valence-electron chi connectivity index (χ3n) is 8.70. The van der Waals surface area contributed by atoms with Crippen LogP contribution < -0.4 is 10.6 Å². The van der Waals surface area contributed by atoms with Crippen molar-refractivity contribution in [2.45, 2.75) is 76.4 Å². The SMILES string of the molecule is CC(C)(C)NC(=O)[C@H]1CN(Cc2cccnc2)CCN1C[C@H](O)C[C@@H](Cc1ccccc1)C(=O)N[C@@H]1c2ccccc2C[C@@H]1O. The smallest absolute Gasteiger partial charge is 0.239 e. The molecule has 2 aromatic carbocycles. The summed E-state index contributed by atoms with van der Waals surface area (Å²) in [4.78, 5) is 35.9. The molecule has 9 heteroatoms. The van der Waals surface area contributed by atoms with E-state index in [-0.39, 0.29) is 24.8 Å². The number of piperazine rings is 1. The highest BCUT2D eigenvalue weighted by Gasteiger charge is 2.37. The van der Waals surface area contributed by atoms with Crippen molar-refractivity contribution in [2.75, 3.05) is 26.2 Å². The third-order valence-corrected chi connectivity index (χ3v) is 8.70. The number of carbonyl (C=O) groups excluding carboxylic acids is 2. The number of hydrogen-bond donors (Lipinski definition) is 4. The van der Waals surface area contributed by atoms with Crippen molar-refractivity contribution in [1.29, 1.82) is 0 Å². The minimum atomic E-state index is -0.833. The van der Waals surface area contributed by atoms with Gasteiger partial charge in [0.1, 0.15) is 6.04 Å². The second kappa shape index (κ2) is 14.6. The predicted octanol–water partition coefficient (Wildman–Crippen LogP) is 2.87. The summed E-state index contributed by atoms with van der Waals surface area (Å²) in [5.74, 6) is -0.781. The Hall–Kier alpha value is -3.63. The summed E-state index contributed by atoms with van der Waals surface area (Å²) in [6.07, 6.45) is 3.26. The molecule has 45 heavy (non-hydrogen) atoms. The van der Waals surface area contributed by atoms with Crippen molar-refractivity contribution in [3.8, 4) is 0 Å². The van der Waals surface area contributed by atoms with Crippen LogP contribution in [0.15, 0.2) is 79.1 Å². The lowest BCUT2D eigenvalue weighted by Gasteiger charge is -2.42. The van der Waals surface area contributed by atoms with Crippen molar-refractivity contribution < 1.29 is 19.8 Å². The van der Waals surface area contributed by atoms with Gasteiger partial charge in [0.25, 0.3) is 0 Å². The summed E-state index contributed by atoms with van der Waals surface area (Å²) in [6.45, 7) is 8.74. The highest BCUT2D eigenvalue weighted by Crippen LogP contribution is 2.32. The molecule has 1 saturated heterocycles. The van der Waals surface area contributed by atoms with Crippen LogP contribution in [0, 0.1) is 5.92 Å². The van der Waals surface area contributed by atoms with Crippen molar-refractivity contribution in [2.24, 2.45) is 5.92 Å². The molecule has 2 amide bonds. The minimum Gasteiger partial charge on any atom is -0.392 e. The normalized spacial score (nSPS) is 21.9. The number of aliphatic hydroxyl groups is 2. The molecule has 5 rings (SSSR count). The standard InChI is InChI=1S/C36H47N5O4/c1-36(2,3)39-35(45)31-24-40(22-26-12-9-15-37-21-26)16-17-41(31)23-29(42)19-28(18-25-10-5-4-6-11-25)34(44)38-33-30-14-8-7-13-27(30)20-32(33)43/h4-15,21,28-29,31-33,42-43H,16-20,22-24H2,1-3H3,(H,38,44)(H,39,45)/t28-,29-,31-,32+,33-/m1/s1. The summed E-state index contributed by atoms with van der Waals surface area (Å²) >= 11 is 0. The molecule has 0 saturated carbocycles. The number of pyridine rings is 1. The second-order valence-electron chi connectivity index (χ2n) is 13.6. The first-order chi connectivity index (χ1) is 21.6. The van der Waals surface area contributed by atoms with E-state index in [9.17, 15) is 19.8 Å². The third kappa shape index (κ3) is 8.98. The highest BCUT2D eigenvalue weighted by atomic mass is 16.3. The Balaban J connectivity index is 1.29. The van der Waals surface area contributed by atoms with Crippen LogP contribution in [0.3, 0.4) is 0 Å². The fourth-order valence-electron chi connectivity index (χ4n) is 6.56. The number of fused-ring (bicyclic) bond motifs is 1. The number of amides is 2. The molecule has 1 fully saturated rings. The van der Waals surface area contributed by atoms with Gasteiger partial charge in [-0.15, -0.1) is 0 Å². The lowest BCUT2D eigenvalue weighted by atomic mass is 9.91. The predicted molar refractivity (Wildman–Crippen MR) is 174 cm³/mol. The lowest BCUT2D eigenvalue weighted by Crippen LogP contribution is -2.61. The Morgan fingerprint density at radius 2 is 1.73 bits per heavy atom. The van der Waals surface area contributed by atoms with Gasteiger partial charge >= 0.3 is 0 Å². The van der Waals surface area contributed by atoms with E-state index >= 15 is 0 Å². The molecule has 1 aliphatic heterocycles. The van der Waals surface area contributed by atoms with Gasteiger partial charge in [-0.2, -0.15) is 0 Å². The van der Waals surface area contributed by atoms with Crippen LogP contribution in [0.5, 0.6) is 0 Å². The first kappa shape index (κ1) is 32.8. The summed E-state index contributed by atoms with van der Waals surface area (Å²) in [5.41, 5.74) is 3.68. The van der Waals surface area contributed by atoms with Crippen LogP contribution in [-0.4, -0.2) is 86.8 Å². The maximum atomic E-state index is 13.8. The number of aliphatic hydroxyl groups excluding tert-OH is 2. The topological polar surface area (TPSA) is 118 Å². The number of benzene rings is 2. The highest BCUT2D eigenvalue weighted by molar-refractivity contribution is 5.83. The summed E-state index contributed by atoms with van der Waals surface area (Å²) in [6, 6.07) is 20.6. The van der Waals surface area contributed by atoms with E-state index in [2.05, 4.69) is 25.4 Å². The zero-order valence-electron chi connectivity index (χ0n) is 26.6. The van der Waals surface area contributed by atoms with Gasteiger partial charge in [0, 0.05) is 63.0 Å². The fraction of sp³-hybridized carbons (Fsp3) is 0.472. The molecule has 9 nitrogen and oxygen atoms in total. The van der Waals surface area contributed by atoms with E-state index in [1.807, 2.05) is 93.7 Å². The zero-order chi connectivity index (χ0) is 32.0. The van der Waals surface area contributed by atoms with Gasteiger partial charge in [0.05, 0.1) is 18.2 Å². The van der Waals surface area contributed by atoms with E-state index in [1.165, 1.54) is 0 Å². The molecule has 2 heterocycles. The van der Waals surface area contributed by atoms with E-state index in [4.69, 9.17) is 0 Å². The van der Waals surface area contributed by atoms with Gasteiger partial charge < -0.3 is 20.8 Å². The van der Waals surface area contributed by atoms with Gasteiger partial charge in [-0.05, 0) is 61.9 Å². The van der Waals surface area contributed by atoms with Crippen LogP contribution in [0.2, 0.25) is 0 Å². The average molecular weight is 614 g/mol. The second-order valence-corrected chi connectivity index (χ2v) is 13.6. The molecule has 3 aromatic rings. The van der Waals surface area contributed by atoms with Gasteiger partial charge in [0.15, 0.2) is 0 Å². The minimum absolute atomic E-state index is 0.0712. The quantitative estimate of drug-likeness (QED) is 0.263. The Morgan fingerprint density at radius 1 is 1.00 bits per heavy atom. The van der Waals surface area contributed by atoms with Crippen LogP contribution in [0.25, 0.3) is 0 Å². The summed E-state index contributed by atoms with van der Waals surface area (Å²) < 4.78 is 0. The maximum Gasteiger partial charge on any atom is 0.239 e. The molecular formula is C36H47N5O4. The van der Waals surface area contributed by atoms with Gasteiger partial charge in [-0.1, -0.05) is 60.7 Å². The van der Waals surface area contributed by atoms with Crippen LogP contribution >= 0.6 is 0 Å². The van der Waals surface area contributed by atoms with Gasteiger partial charge in [-0.25, -0.2) is 0 Å². The Labute approximate surface area is 266 Å². The van der Waals surface area contributed by atoms with Gasteiger partial charge in [0.2, 0.25) is 11.8 Å². The van der Waals surface area contributed by atoms with Crippen LogP contribution in [0.1, 0.15) is 55.5 Å². The molecule has 240 valence electrons. The largest absolute Gasteiger partial charge is 0.392 e. The van der Waals surface area contributed by atoms with Crippen molar-refractivity contribution in [3.05, 3.63) is 101 Å². The summed E-state index contributed by atoms with van der Waals surface area (Å²) in [7, 11) is 0. The zero-order valence-corrected chi connectivity index (χ0v) is 26.6. The monoisotopic (exact) mass is 613 g/mol. The molecule has 0 radical (unpaired) electrons. The molecule has 4 N–H and O–H groups in total. The molecule has 5 atom stereocenters. The summed E-state index contributed by atoms with van der Waals surface area (Å²) in [5, 5.41) is 28.5. The van der Waals surface area contributed by atoms with E-state index in [1.54, 1.807) is 6.20 Å². The van der Waals surface area contributed by atoms with Crippen LogP contribution in [0.4, 0.5) is 0 Å². The fourth-order valence-corrected chi connectivity index (χ4v) is 6.56. The molecular weight excluding hydrogens is 566 g/mol. The average Bonchev–Trinajstić information content (AvgIpc) is 3.32. The maximum absolute atomic E-state index is 13.8. The Bertz CT molecular complexity index is 1410. The van der Waals surface area contributed by atoms with E-state index in [0.29, 0.717) is 32.5 Å².